The number of carbonyl (C=O) groups excluding carboxylic acids is 2. The van der Waals surface area contributed by atoms with E-state index in [0.717, 1.165) is 16.9 Å². The molecule has 0 aliphatic rings. The predicted octanol–water partition coefficient (Wildman–Crippen LogP) is 3.62. The van der Waals surface area contributed by atoms with Crippen molar-refractivity contribution in [2.24, 2.45) is 0 Å². The summed E-state index contributed by atoms with van der Waals surface area (Å²) in [7, 11) is 1.60. The molecule has 0 bridgehead atoms. The van der Waals surface area contributed by atoms with Crippen LogP contribution in [-0.4, -0.2) is 42.2 Å². The number of nitrogens with one attached hydrogen (secondary N) is 1. The van der Waals surface area contributed by atoms with Gasteiger partial charge in [-0.05, 0) is 49.2 Å². The Morgan fingerprint density at radius 3 is 2.31 bits per heavy atom. The number of amides is 2. The molecule has 1 atom stereocenters. The van der Waals surface area contributed by atoms with Gasteiger partial charge in [-0.15, -0.1) is 11.8 Å². The van der Waals surface area contributed by atoms with E-state index in [1.807, 2.05) is 31.2 Å². The summed E-state index contributed by atoms with van der Waals surface area (Å²) < 4.78 is 18.2. The third kappa shape index (κ3) is 7.09. The van der Waals surface area contributed by atoms with Crippen molar-refractivity contribution in [2.75, 3.05) is 19.4 Å². The normalized spacial score (nSPS) is 11.6. The van der Waals surface area contributed by atoms with Crippen LogP contribution in [0.2, 0.25) is 0 Å². The van der Waals surface area contributed by atoms with Gasteiger partial charge in [-0.25, -0.2) is 4.39 Å². The van der Waals surface area contributed by atoms with Crippen LogP contribution in [0.3, 0.4) is 0 Å². The first-order valence-corrected chi connectivity index (χ1v) is 10.6. The summed E-state index contributed by atoms with van der Waals surface area (Å²) in [6.45, 7) is 4.42. The standard InChI is InChI=1S/C22H27FN2O3S/c1-4-24-22(27)16(2)25(13-17-7-11-20(28-3)12-8-17)21(26)15-29-14-18-5-9-19(23)10-6-18/h5-12,16H,4,13-15H2,1-3H3,(H,24,27)/t16-/m0/s1. The lowest BCUT2D eigenvalue weighted by Crippen LogP contribution is -2.48. The van der Waals surface area contributed by atoms with Gasteiger partial charge in [0.25, 0.3) is 0 Å². The first-order valence-electron chi connectivity index (χ1n) is 9.47. The molecule has 29 heavy (non-hydrogen) atoms. The first kappa shape index (κ1) is 22.7. The second kappa shape index (κ2) is 11.5. The van der Waals surface area contributed by atoms with Gasteiger partial charge in [0, 0.05) is 18.8 Å². The minimum Gasteiger partial charge on any atom is -0.497 e. The zero-order chi connectivity index (χ0) is 21.2. The largest absolute Gasteiger partial charge is 0.497 e. The van der Waals surface area contributed by atoms with Crippen molar-refractivity contribution in [3.8, 4) is 5.75 Å². The van der Waals surface area contributed by atoms with E-state index in [1.165, 1.54) is 23.9 Å². The molecule has 2 aromatic rings. The van der Waals surface area contributed by atoms with E-state index in [0.29, 0.717) is 18.8 Å². The van der Waals surface area contributed by atoms with E-state index in [9.17, 15) is 14.0 Å². The number of thioether (sulfide) groups is 1. The predicted molar refractivity (Wildman–Crippen MR) is 114 cm³/mol. The maximum absolute atomic E-state index is 13.0. The molecule has 0 aromatic heterocycles. The summed E-state index contributed by atoms with van der Waals surface area (Å²) in [5.41, 5.74) is 1.86. The Morgan fingerprint density at radius 2 is 1.72 bits per heavy atom. The minimum atomic E-state index is -0.587. The second-order valence-electron chi connectivity index (χ2n) is 6.56. The summed E-state index contributed by atoms with van der Waals surface area (Å²) in [6.07, 6.45) is 0. The average molecular weight is 419 g/mol. The first-order chi connectivity index (χ1) is 13.9. The summed E-state index contributed by atoms with van der Waals surface area (Å²) in [4.78, 5) is 26.8. The number of nitrogens with zero attached hydrogens (tertiary/aromatic N) is 1. The molecule has 0 aliphatic heterocycles. The van der Waals surface area contributed by atoms with Gasteiger partial charge in [0.05, 0.1) is 12.9 Å². The van der Waals surface area contributed by atoms with Crippen molar-refractivity contribution in [1.29, 1.82) is 0 Å². The number of methoxy groups -OCH3 is 1. The van der Waals surface area contributed by atoms with Gasteiger partial charge in [-0.2, -0.15) is 0 Å². The number of carbonyl (C=O) groups is 2. The van der Waals surface area contributed by atoms with Crippen molar-refractivity contribution in [3.63, 3.8) is 0 Å². The van der Waals surface area contributed by atoms with E-state index in [1.54, 1.807) is 31.1 Å². The molecular formula is C22H27FN2O3S. The molecule has 2 rings (SSSR count). The molecule has 156 valence electrons. The Morgan fingerprint density at radius 1 is 1.10 bits per heavy atom. The molecule has 2 aromatic carbocycles. The van der Waals surface area contributed by atoms with Crippen LogP contribution in [0.5, 0.6) is 5.75 Å². The molecule has 0 saturated carbocycles. The molecule has 5 nitrogen and oxygen atoms in total. The number of hydrogen-bond donors (Lipinski definition) is 1. The fraction of sp³-hybridized carbons (Fsp3) is 0.364. The van der Waals surface area contributed by atoms with E-state index >= 15 is 0 Å². The van der Waals surface area contributed by atoms with Crippen LogP contribution < -0.4 is 10.1 Å². The summed E-state index contributed by atoms with van der Waals surface area (Å²) in [5, 5.41) is 2.78. The van der Waals surface area contributed by atoms with Crippen molar-refractivity contribution < 1.29 is 18.7 Å². The smallest absolute Gasteiger partial charge is 0.242 e. The van der Waals surface area contributed by atoms with Crippen LogP contribution in [0.4, 0.5) is 4.39 Å². The van der Waals surface area contributed by atoms with E-state index in [-0.39, 0.29) is 23.4 Å². The lowest BCUT2D eigenvalue weighted by molar-refractivity contribution is -0.138. The Balaban J connectivity index is 2.04. The summed E-state index contributed by atoms with van der Waals surface area (Å²) in [6, 6.07) is 13.1. The fourth-order valence-electron chi connectivity index (χ4n) is 2.75. The summed E-state index contributed by atoms with van der Waals surface area (Å²) in [5.74, 6) is 0.981. The number of likely N-dealkylation sites (N-methyl/N-ethyl adjacent to an activating group) is 1. The van der Waals surface area contributed by atoms with Gasteiger partial charge < -0.3 is 15.0 Å². The zero-order valence-electron chi connectivity index (χ0n) is 17.0. The van der Waals surface area contributed by atoms with Gasteiger partial charge in [-0.1, -0.05) is 24.3 Å². The Kier molecular flexibility index (Phi) is 8.99. The quantitative estimate of drug-likeness (QED) is 0.640. The average Bonchev–Trinajstić information content (AvgIpc) is 2.73. The van der Waals surface area contributed by atoms with Gasteiger partial charge in [0.1, 0.15) is 17.6 Å². The maximum atomic E-state index is 13.0. The highest BCUT2D eigenvalue weighted by Gasteiger charge is 2.25. The second-order valence-corrected chi connectivity index (χ2v) is 7.55. The van der Waals surface area contributed by atoms with E-state index in [2.05, 4.69) is 5.32 Å². The van der Waals surface area contributed by atoms with Gasteiger partial charge in [-0.3, -0.25) is 9.59 Å². The molecule has 0 spiro atoms. The molecule has 0 radical (unpaired) electrons. The zero-order valence-corrected chi connectivity index (χ0v) is 17.8. The third-order valence-corrected chi connectivity index (χ3v) is 5.43. The van der Waals surface area contributed by atoms with Crippen LogP contribution in [0.1, 0.15) is 25.0 Å². The Labute approximate surface area is 175 Å². The molecule has 0 unspecified atom stereocenters. The van der Waals surface area contributed by atoms with Gasteiger partial charge in [0.2, 0.25) is 11.8 Å². The van der Waals surface area contributed by atoms with Crippen LogP contribution in [0, 0.1) is 5.82 Å². The Hall–Kier alpha value is -2.54. The molecule has 1 N–H and O–H groups in total. The van der Waals surface area contributed by atoms with Crippen LogP contribution in [0.25, 0.3) is 0 Å². The van der Waals surface area contributed by atoms with Crippen molar-refractivity contribution in [3.05, 3.63) is 65.5 Å². The van der Waals surface area contributed by atoms with Crippen LogP contribution in [0.15, 0.2) is 48.5 Å². The Bertz CT molecular complexity index is 797. The van der Waals surface area contributed by atoms with Crippen LogP contribution in [-0.2, 0) is 21.9 Å². The topological polar surface area (TPSA) is 58.6 Å². The highest BCUT2D eigenvalue weighted by atomic mass is 32.2. The molecule has 0 saturated heterocycles. The highest BCUT2D eigenvalue weighted by Crippen LogP contribution is 2.18. The summed E-state index contributed by atoms with van der Waals surface area (Å²) >= 11 is 1.44. The molecule has 2 amide bonds. The third-order valence-electron chi connectivity index (χ3n) is 4.44. The number of benzene rings is 2. The van der Waals surface area contributed by atoms with Gasteiger partial charge >= 0.3 is 0 Å². The number of rotatable bonds is 10. The highest BCUT2D eigenvalue weighted by molar-refractivity contribution is 7.99. The molecular weight excluding hydrogens is 391 g/mol. The monoisotopic (exact) mass is 418 g/mol. The van der Waals surface area contributed by atoms with Crippen molar-refractivity contribution in [1.82, 2.24) is 10.2 Å². The molecule has 7 heteroatoms. The van der Waals surface area contributed by atoms with Crippen molar-refractivity contribution >= 4 is 23.6 Å². The fourth-order valence-corrected chi connectivity index (χ4v) is 3.62. The van der Waals surface area contributed by atoms with Crippen LogP contribution >= 0.6 is 11.8 Å². The SMILES string of the molecule is CCNC(=O)[C@H](C)N(Cc1ccc(OC)cc1)C(=O)CSCc1ccc(F)cc1. The number of halogens is 1. The number of ether oxygens (including phenoxy) is 1. The lowest BCUT2D eigenvalue weighted by Gasteiger charge is -2.28. The minimum absolute atomic E-state index is 0.119. The maximum Gasteiger partial charge on any atom is 0.242 e. The molecule has 0 heterocycles. The molecule has 0 fully saturated rings. The van der Waals surface area contributed by atoms with Crippen molar-refractivity contribution in [2.45, 2.75) is 32.2 Å². The molecule has 0 aliphatic carbocycles. The van der Waals surface area contributed by atoms with E-state index in [4.69, 9.17) is 4.74 Å². The van der Waals surface area contributed by atoms with E-state index < -0.39 is 6.04 Å². The van der Waals surface area contributed by atoms with Gasteiger partial charge in [0.15, 0.2) is 0 Å². The number of hydrogen-bond acceptors (Lipinski definition) is 4. The lowest BCUT2D eigenvalue weighted by atomic mass is 10.1.